The molecule has 25 heavy (non-hydrogen) atoms. The van der Waals surface area contributed by atoms with Gasteiger partial charge >= 0.3 is 0 Å². The lowest BCUT2D eigenvalue weighted by Crippen LogP contribution is -2.36. The number of hydrogen-bond donors (Lipinski definition) is 1. The number of nitrogens with zero attached hydrogens (tertiary/aromatic N) is 3. The Bertz CT molecular complexity index is 755. The first-order valence-corrected chi connectivity index (χ1v) is 8.96. The van der Waals surface area contributed by atoms with E-state index >= 15 is 0 Å². The monoisotopic (exact) mass is 340 g/mol. The number of likely N-dealkylation sites (N-methyl/N-ethyl adjacent to an activating group) is 1. The summed E-state index contributed by atoms with van der Waals surface area (Å²) in [5, 5.41) is 6.88. The molecule has 2 heterocycles. The molecule has 1 N–H and O–H groups in total. The van der Waals surface area contributed by atoms with Gasteiger partial charge in [0.15, 0.2) is 0 Å². The minimum atomic E-state index is -0.0453. The molecule has 1 aromatic carbocycles. The molecule has 6 nitrogen and oxygen atoms in total. The number of ether oxygens (including phenoxy) is 1. The van der Waals surface area contributed by atoms with Crippen LogP contribution in [0.2, 0.25) is 0 Å². The third kappa shape index (κ3) is 3.31. The summed E-state index contributed by atoms with van der Waals surface area (Å²) in [5.74, 6) is 1.64. The van der Waals surface area contributed by atoms with Crippen LogP contribution < -0.4 is 0 Å². The second-order valence-electron chi connectivity index (χ2n) is 7.23. The first-order valence-electron chi connectivity index (χ1n) is 8.96. The normalized spacial score (nSPS) is 23.0. The molecular weight excluding hydrogens is 316 g/mol. The molecule has 1 saturated heterocycles. The molecule has 1 aliphatic heterocycles. The van der Waals surface area contributed by atoms with Gasteiger partial charge in [0.1, 0.15) is 12.2 Å². The zero-order valence-electron chi connectivity index (χ0n) is 14.7. The largest absolute Gasteiger partial charge is 0.376 e. The summed E-state index contributed by atoms with van der Waals surface area (Å²) in [4.78, 5) is 19.1. The van der Waals surface area contributed by atoms with Crippen LogP contribution >= 0.6 is 0 Å². The van der Waals surface area contributed by atoms with Crippen molar-refractivity contribution in [3.8, 4) is 0 Å². The van der Waals surface area contributed by atoms with Crippen molar-refractivity contribution in [2.45, 2.75) is 44.1 Å². The first kappa shape index (κ1) is 16.3. The maximum absolute atomic E-state index is 13.1. The van der Waals surface area contributed by atoms with Crippen LogP contribution in [0.25, 0.3) is 0 Å². The zero-order chi connectivity index (χ0) is 17.4. The summed E-state index contributed by atoms with van der Waals surface area (Å²) in [7, 11) is 1.86. The van der Waals surface area contributed by atoms with E-state index in [1.807, 2.05) is 20.0 Å². The molecular formula is C19H24N4O2. The standard InChI is InChI=1S/C19H24N4O2/c1-12-3-6-14(13-4-5-13)16(9-12)19(24)23(2)10-17-15(7-8-25-17)18-20-11-21-22-18/h3,6,9,11,13,15,17H,4-5,7-8,10H2,1-2H3,(H,20,21,22)/t15-,17-/m1/s1. The Balaban J connectivity index is 1.50. The zero-order valence-corrected chi connectivity index (χ0v) is 14.7. The molecule has 1 aliphatic carbocycles. The Morgan fingerprint density at radius 1 is 1.36 bits per heavy atom. The van der Waals surface area contributed by atoms with Gasteiger partial charge in [-0.3, -0.25) is 9.89 Å². The number of hydrogen-bond acceptors (Lipinski definition) is 4. The quantitative estimate of drug-likeness (QED) is 0.908. The van der Waals surface area contributed by atoms with Gasteiger partial charge in [-0.2, -0.15) is 5.10 Å². The van der Waals surface area contributed by atoms with Gasteiger partial charge in [0.05, 0.1) is 6.10 Å². The number of H-pyrrole nitrogens is 1. The van der Waals surface area contributed by atoms with Crippen molar-refractivity contribution in [2.24, 2.45) is 0 Å². The molecule has 2 atom stereocenters. The highest BCUT2D eigenvalue weighted by molar-refractivity contribution is 5.96. The molecule has 0 spiro atoms. The highest BCUT2D eigenvalue weighted by Gasteiger charge is 2.34. The van der Waals surface area contributed by atoms with Crippen LogP contribution in [0.3, 0.4) is 0 Å². The highest BCUT2D eigenvalue weighted by Crippen LogP contribution is 2.42. The van der Waals surface area contributed by atoms with Gasteiger partial charge in [0.2, 0.25) is 0 Å². The highest BCUT2D eigenvalue weighted by atomic mass is 16.5. The molecule has 1 aromatic heterocycles. The number of aromatic amines is 1. The van der Waals surface area contributed by atoms with Crippen molar-refractivity contribution in [3.05, 3.63) is 47.0 Å². The van der Waals surface area contributed by atoms with Gasteiger partial charge in [0, 0.05) is 31.7 Å². The van der Waals surface area contributed by atoms with Crippen molar-refractivity contribution in [3.63, 3.8) is 0 Å². The SMILES string of the molecule is Cc1ccc(C2CC2)c(C(=O)N(C)C[C@H]2OCC[C@H]2c2ncn[nH]2)c1. The Morgan fingerprint density at radius 2 is 2.20 bits per heavy atom. The fourth-order valence-corrected chi connectivity index (χ4v) is 3.70. The van der Waals surface area contributed by atoms with E-state index < -0.39 is 0 Å². The Morgan fingerprint density at radius 3 is 2.92 bits per heavy atom. The van der Waals surface area contributed by atoms with Crippen LogP contribution in [0, 0.1) is 6.92 Å². The molecule has 0 bridgehead atoms. The van der Waals surface area contributed by atoms with Gasteiger partial charge in [0.25, 0.3) is 5.91 Å². The van der Waals surface area contributed by atoms with Gasteiger partial charge in [-0.1, -0.05) is 17.7 Å². The second kappa shape index (κ2) is 6.59. The van der Waals surface area contributed by atoms with Crippen LogP contribution in [0.15, 0.2) is 24.5 Å². The number of benzene rings is 1. The lowest BCUT2D eigenvalue weighted by molar-refractivity contribution is 0.0549. The van der Waals surface area contributed by atoms with Gasteiger partial charge in [-0.05, 0) is 43.7 Å². The molecule has 4 rings (SSSR count). The van der Waals surface area contributed by atoms with E-state index in [4.69, 9.17) is 4.74 Å². The topological polar surface area (TPSA) is 71.1 Å². The van der Waals surface area contributed by atoms with Crippen LogP contribution in [-0.4, -0.2) is 52.3 Å². The molecule has 0 radical (unpaired) electrons. The van der Waals surface area contributed by atoms with E-state index in [1.54, 1.807) is 4.90 Å². The number of carbonyl (C=O) groups is 1. The van der Waals surface area contributed by atoms with Crippen LogP contribution in [0.5, 0.6) is 0 Å². The summed E-state index contributed by atoms with van der Waals surface area (Å²) in [6.45, 7) is 3.28. The summed E-state index contributed by atoms with van der Waals surface area (Å²) >= 11 is 0. The van der Waals surface area contributed by atoms with Crippen LogP contribution in [-0.2, 0) is 4.74 Å². The third-order valence-corrected chi connectivity index (χ3v) is 5.25. The molecule has 132 valence electrons. The van der Waals surface area contributed by atoms with Crippen LogP contribution in [0.4, 0.5) is 0 Å². The third-order valence-electron chi connectivity index (χ3n) is 5.25. The molecule has 1 saturated carbocycles. The fourth-order valence-electron chi connectivity index (χ4n) is 3.70. The Hall–Kier alpha value is -2.21. The number of nitrogens with one attached hydrogen (secondary N) is 1. The van der Waals surface area contributed by atoms with Gasteiger partial charge in [-0.15, -0.1) is 0 Å². The van der Waals surface area contributed by atoms with E-state index in [-0.39, 0.29) is 17.9 Å². The van der Waals surface area contributed by atoms with Crippen molar-refractivity contribution < 1.29 is 9.53 Å². The molecule has 2 fully saturated rings. The molecule has 2 aromatic rings. The number of rotatable bonds is 5. The van der Waals surface area contributed by atoms with E-state index in [0.717, 1.165) is 23.4 Å². The van der Waals surface area contributed by atoms with Crippen LogP contribution in [0.1, 0.15) is 58.4 Å². The fraction of sp³-hybridized carbons (Fsp3) is 0.526. The smallest absolute Gasteiger partial charge is 0.253 e. The minimum Gasteiger partial charge on any atom is -0.376 e. The predicted molar refractivity (Wildman–Crippen MR) is 93.6 cm³/mol. The number of aromatic nitrogens is 3. The molecule has 6 heteroatoms. The average molecular weight is 340 g/mol. The number of carbonyl (C=O) groups excluding carboxylic acids is 1. The number of aryl methyl sites for hydroxylation is 1. The maximum Gasteiger partial charge on any atom is 0.253 e. The predicted octanol–water partition coefficient (Wildman–Crippen LogP) is 2.64. The van der Waals surface area contributed by atoms with E-state index in [1.165, 1.54) is 24.7 Å². The van der Waals surface area contributed by atoms with Crippen molar-refractivity contribution >= 4 is 5.91 Å². The molecule has 1 amide bonds. The Labute approximate surface area is 147 Å². The van der Waals surface area contributed by atoms with Gasteiger partial charge < -0.3 is 9.64 Å². The van der Waals surface area contributed by atoms with E-state index in [2.05, 4.69) is 27.3 Å². The number of amides is 1. The van der Waals surface area contributed by atoms with E-state index in [9.17, 15) is 4.79 Å². The van der Waals surface area contributed by atoms with Crippen molar-refractivity contribution in [2.75, 3.05) is 20.2 Å². The lowest BCUT2D eigenvalue weighted by Gasteiger charge is -2.25. The Kier molecular flexibility index (Phi) is 4.29. The lowest BCUT2D eigenvalue weighted by atomic mass is 9.98. The second-order valence-corrected chi connectivity index (χ2v) is 7.23. The summed E-state index contributed by atoms with van der Waals surface area (Å²) in [6.07, 6.45) is 4.75. The van der Waals surface area contributed by atoms with E-state index in [0.29, 0.717) is 19.1 Å². The summed E-state index contributed by atoms with van der Waals surface area (Å²) in [5.41, 5.74) is 3.17. The van der Waals surface area contributed by atoms with Crippen molar-refractivity contribution in [1.82, 2.24) is 20.1 Å². The molecule has 0 unspecified atom stereocenters. The first-order chi connectivity index (χ1) is 12.1. The van der Waals surface area contributed by atoms with Crippen molar-refractivity contribution in [1.29, 1.82) is 0 Å². The summed E-state index contributed by atoms with van der Waals surface area (Å²) in [6, 6.07) is 6.25. The molecule has 2 aliphatic rings. The summed E-state index contributed by atoms with van der Waals surface area (Å²) < 4.78 is 5.88. The van der Waals surface area contributed by atoms with Gasteiger partial charge in [-0.25, -0.2) is 4.98 Å². The maximum atomic E-state index is 13.1. The average Bonchev–Trinajstić information content (AvgIpc) is 3.11. The minimum absolute atomic E-state index is 0.0453.